The maximum Gasteiger partial charge on any atom is 0.266 e. The number of ether oxygens (including phenoxy) is 1. The van der Waals surface area contributed by atoms with Gasteiger partial charge in [-0.05, 0) is 68.3 Å². The molecule has 4 nitrogen and oxygen atoms in total. The largest absolute Gasteiger partial charge is 0.489 e. The summed E-state index contributed by atoms with van der Waals surface area (Å²) in [5, 5.41) is 0. The monoisotopic (exact) mass is 448 g/mol. The Balaban J connectivity index is 1.54. The molecule has 1 aliphatic rings. The number of aromatic nitrogens is 1. The van der Waals surface area contributed by atoms with E-state index in [1.54, 1.807) is 4.90 Å². The van der Waals surface area contributed by atoms with Crippen molar-refractivity contribution in [3.63, 3.8) is 0 Å². The van der Waals surface area contributed by atoms with Crippen LogP contribution in [0.15, 0.2) is 65.6 Å². The molecule has 2 aromatic carbocycles. The van der Waals surface area contributed by atoms with Gasteiger partial charge in [0.25, 0.3) is 5.91 Å². The molecule has 0 saturated carbocycles. The average Bonchev–Trinajstić information content (AvgIpc) is 3.21. The van der Waals surface area contributed by atoms with Gasteiger partial charge in [-0.15, -0.1) is 0 Å². The van der Waals surface area contributed by atoms with Gasteiger partial charge in [0.1, 0.15) is 16.7 Å². The average molecular weight is 449 g/mol. The van der Waals surface area contributed by atoms with Crippen molar-refractivity contribution in [1.29, 1.82) is 0 Å². The van der Waals surface area contributed by atoms with Crippen LogP contribution in [0, 0.1) is 13.8 Å². The second kappa shape index (κ2) is 9.12. The third-order valence-corrected chi connectivity index (χ3v) is 6.67. The van der Waals surface area contributed by atoms with Crippen molar-refractivity contribution in [2.75, 3.05) is 6.54 Å². The Kier molecular flexibility index (Phi) is 6.30. The summed E-state index contributed by atoms with van der Waals surface area (Å²) in [6, 6.07) is 20.3. The van der Waals surface area contributed by atoms with E-state index in [0.717, 1.165) is 34.0 Å². The zero-order valence-corrected chi connectivity index (χ0v) is 19.4. The number of aryl methyl sites for hydroxylation is 1. The number of nitrogens with zero attached hydrogens (tertiary/aromatic N) is 2. The summed E-state index contributed by atoms with van der Waals surface area (Å²) in [6.07, 6.45) is 1.95. The number of carbonyl (C=O) groups excluding carboxylic acids is 1. The van der Waals surface area contributed by atoms with Gasteiger partial charge in [-0.1, -0.05) is 54.3 Å². The lowest BCUT2D eigenvalue weighted by Gasteiger charge is -2.12. The number of thioether (sulfide) groups is 1. The molecule has 3 aromatic rings. The maximum absolute atomic E-state index is 12.6. The Morgan fingerprint density at radius 2 is 1.77 bits per heavy atom. The number of benzene rings is 2. The fourth-order valence-corrected chi connectivity index (χ4v) is 5.05. The van der Waals surface area contributed by atoms with E-state index in [1.807, 2.05) is 43.3 Å². The Bertz CT molecular complexity index is 1150. The Morgan fingerprint density at radius 3 is 2.42 bits per heavy atom. The summed E-state index contributed by atoms with van der Waals surface area (Å²) in [7, 11) is 0. The topological polar surface area (TPSA) is 34.5 Å². The van der Waals surface area contributed by atoms with Gasteiger partial charge in [0.2, 0.25) is 0 Å². The first-order chi connectivity index (χ1) is 15.0. The number of amides is 1. The standard InChI is InChI=1S/C25H24N2O2S2/c1-4-26-24(28)23(31-25(26)30)15-20-14-17(2)27(18(20)3)21-10-12-22(13-11-21)29-16-19-8-6-5-7-9-19/h5-15H,4,16H2,1-3H3. The van der Waals surface area contributed by atoms with E-state index in [2.05, 4.69) is 48.7 Å². The van der Waals surface area contributed by atoms with E-state index in [1.165, 1.54) is 11.8 Å². The first-order valence-corrected chi connectivity index (χ1v) is 11.4. The third-order valence-electron chi connectivity index (χ3n) is 5.29. The van der Waals surface area contributed by atoms with Crippen molar-refractivity contribution in [3.8, 4) is 11.4 Å². The van der Waals surface area contributed by atoms with Gasteiger partial charge in [-0.25, -0.2) is 0 Å². The molecule has 0 N–H and O–H groups in total. The van der Waals surface area contributed by atoms with Crippen molar-refractivity contribution >= 4 is 40.3 Å². The molecule has 0 spiro atoms. The van der Waals surface area contributed by atoms with Gasteiger partial charge in [-0.3, -0.25) is 9.69 Å². The second-order valence-electron chi connectivity index (χ2n) is 7.36. The first-order valence-electron chi connectivity index (χ1n) is 10.2. The van der Waals surface area contributed by atoms with Gasteiger partial charge in [0.15, 0.2) is 0 Å². The quantitative estimate of drug-likeness (QED) is 0.348. The molecule has 0 aliphatic carbocycles. The molecule has 0 radical (unpaired) electrons. The van der Waals surface area contributed by atoms with Crippen molar-refractivity contribution in [2.45, 2.75) is 27.4 Å². The molecule has 1 aromatic heterocycles. The van der Waals surface area contributed by atoms with Crippen molar-refractivity contribution in [1.82, 2.24) is 9.47 Å². The van der Waals surface area contributed by atoms with Crippen LogP contribution in [0.25, 0.3) is 11.8 Å². The van der Waals surface area contributed by atoms with Gasteiger partial charge in [0.05, 0.1) is 4.91 Å². The van der Waals surface area contributed by atoms with Crippen LogP contribution < -0.4 is 4.74 Å². The predicted molar refractivity (Wildman–Crippen MR) is 132 cm³/mol. The minimum atomic E-state index is -0.0118. The molecule has 31 heavy (non-hydrogen) atoms. The number of carbonyl (C=O) groups is 1. The van der Waals surface area contributed by atoms with E-state index in [4.69, 9.17) is 17.0 Å². The van der Waals surface area contributed by atoms with Gasteiger partial charge >= 0.3 is 0 Å². The minimum absolute atomic E-state index is 0.0118. The highest BCUT2D eigenvalue weighted by molar-refractivity contribution is 8.26. The van der Waals surface area contributed by atoms with Crippen LogP contribution in [0.4, 0.5) is 0 Å². The summed E-state index contributed by atoms with van der Waals surface area (Å²) in [5.41, 5.74) is 5.41. The van der Waals surface area contributed by atoms with Crippen molar-refractivity contribution in [2.24, 2.45) is 0 Å². The lowest BCUT2D eigenvalue weighted by Crippen LogP contribution is -2.27. The van der Waals surface area contributed by atoms with Crippen LogP contribution in [-0.2, 0) is 11.4 Å². The molecular weight excluding hydrogens is 424 g/mol. The van der Waals surface area contributed by atoms with Gasteiger partial charge in [0, 0.05) is 23.6 Å². The minimum Gasteiger partial charge on any atom is -0.489 e. The molecule has 0 atom stereocenters. The van der Waals surface area contributed by atoms with E-state index >= 15 is 0 Å². The highest BCUT2D eigenvalue weighted by atomic mass is 32.2. The number of likely N-dealkylation sites (N-methyl/N-ethyl adjacent to an activating group) is 1. The van der Waals surface area contributed by atoms with Crippen LogP contribution in [0.1, 0.15) is 29.4 Å². The number of hydrogen-bond donors (Lipinski definition) is 0. The molecule has 6 heteroatoms. The van der Waals surface area contributed by atoms with Crippen LogP contribution in [0.2, 0.25) is 0 Å². The predicted octanol–water partition coefficient (Wildman–Crippen LogP) is 5.89. The Labute approximate surface area is 192 Å². The smallest absolute Gasteiger partial charge is 0.266 e. The molecule has 0 bridgehead atoms. The zero-order valence-electron chi connectivity index (χ0n) is 17.8. The second-order valence-corrected chi connectivity index (χ2v) is 9.03. The molecular formula is C25H24N2O2S2. The van der Waals surface area contributed by atoms with E-state index in [0.29, 0.717) is 22.4 Å². The zero-order chi connectivity index (χ0) is 22.0. The summed E-state index contributed by atoms with van der Waals surface area (Å²) < 4.78 is 8.72. The summed E-state index contributed by atoms with van der Waals surface area (Å²) in [6.45, 7) is 7.22. The van der Waals surface area contributed by atoms with E-state index in [-0.39, 0.29) is 5.91 Å². The van der Waals surface area contributed by atoms with Crippen LogP contribution in [0.5, 0.6) is 5.75 Å². The van der Waals surface area contributed by atoms with Crippen molar-refractivity contribution in [3.05, 3.63) is 88.1 Å². The first kappa shape index (κ1) is 21.4. The van der Waals surface area contributed by atoms with E-state index < -0.39 is 0 Å². The molecule has 1 amide bonds. The normalized spacial score (nSPS) is 15.2. The highest BCUT2D eigenvalue weighted by Gasteiger charge is 2.30. The fraction of sp³-hybridized carbons (Fsp3) is 0.200. The van der Waals surface area contributed by atoms with Crippen molar-refractivity contribution < 1.29 is 9.53 Å². The SMILES string of the molecule is CCN1C(=O)C(=Cc2cc(C)n(-c3ccc(OCc4ccccc4)cc3)c2C)SC1=S. The number of thiocarbonyl (C=S) groups is 1. The molecule has 1 fully saturated rings. The molecule has 1 aliphatic heterocycles. The number of rotatable bonds is 6. The Morgan fingerprint density at radius 1 is 1.06 bits per heavy atom. The lowest BCUT2D eigenvalue weighted by molar-refractivity contribution is -0.121. The highest BCUT2D eigenvalue weighted by Crippen LogP contribution is 2.34. The van der Waals surface area contributed by atoms with Gasteiger partial charge in [-0.2, -0.15) is 0 Å². The molecule has 0 unspecified atom stereocenters. The fourth-order valence-electron chi connectivity index (χ4n) is 3.68. The van der Waals surface area contributed by atoms with Crippen LogP contribution in [0.3, 0.4) is 0 Å². The maximum atomic E-state index is 12.6. The molecule has 158 valence electrons. The van der Waals surface area contributed by atoms with Crippen LogP contribution >= 0.6 is 24.0 Å². The summed E-state index contributed by atoms with van der Waals surface area (Å²) >= 11 is 6.69. The molecule has 2 heterocycles. The lowest BCUT2D eigenvalue weighted by atomic mass is 10.2. The molecule has 1 saturated heterocycles. The summed E-state index contributed by atoms with van der Waals surface area (Å²) in [4.78, 5) is 14.9. The van der Waals surface area contributed by atoms with Crippen LogP contribution in [-0.4, -0.2) is 26.2 Å². The third kappa shape index (κ3) is 4.45. The van der Waals surface area contributed by atoms with Gasteiger partial charge < -0.3 is 9.30 Å². The summed E-state index contributed by atoms with van der Waals surface area (Å²) in [5.74, 6) is 0.820. The van der Waals surface area contributed by atoms with E-state index in [9.17, 15) is 4.79 Å². The number of hydrogen-bond acceptors (Lipinski definition) is 4. The Hall–Kier alpha value is -2.83. The molecule has 4 rings (SSSR count).